The van der Waals surface area contributed by atoms with Crippen molar-refractivity contribution < 1.29 is 14.6 Å². The van der Waals surface area contributed by atoms with Gasteiger partial charge >= 0.3 is 5.97 Å². The Morgan fingerprint density at radius 1 is 1.31 bits per heavy atom. The number of aliphatic hydroxyl groups excluding tert-OH is 1. The lowest BCUT2D eigenvalue weighted by Gasteiger charge is -2.16. The summed E-state index contributed by atoms with van der Waals surface area (Å²) in [7, 11) is 1.32. The molecule has 1 aromatic rings. The number of hydrogen-bond donors (Lipinski definition) is 1. The Hall–Kier alpha value is -1.35. The first kappa shape index (κ1) is 12.7. The summed E-state index contributed by atoms with van der Waals surface area (Å²) in [5, 5.41) is 9.95. The van der Waals surface area contributed by atoms with Gasteiger partial charge in [0.25, 0.3) is 0 Å². The van der Waals surface area contributed by atoms with Gasteiger partial charge in [0.1, 0.15) is 0 Å². The molecule has 1 aromatic carbocycles. The van der Waals surface area contributed by atoms with Gasteiger partial charge in [0.2, 0.25) is 0 Å². The Labute approximate surface area is 96.1 Å². The predicted octanol–water partition coefficient (Wildman–Crippen LogP) is 2.41. The maximum absolute atomic E-state index is 11.1. The molecule has 3 nitrogen and oxygen atoms in total. The molecule has 88 valence electrons. The van der Waals surface area contributed by atoms with Crippen LogP contribution in [-0.2, 0) is 9.53 Å². The van der Waals surface area contributed by atoms with Crippen molar-refractivity contribution in [1.29, 1.82) is 0 Å². The van der Waals surface area contributed by atoms with Crippen molar-refractivity contribution in [2.24, 2.45) is 0 Å². The molecule has 0 amide bonds. The zero-order valence-electron chi connectivity index (χ0n) is 9.93. The number of benzene rings is 1. The van der Waals surface area contributed by atoms with E-state index in [0.717, 1.165) is 11.1 Å². The lowest BCUT2D eigenvalue weighted by atomic mass is 9.93. The van der Waals surface area contributed by atoms with Crippen LogP contribution < -0.4 is 0 Å². The lowest BCUT2D eigenvalue weighted by Crippen LogP contribution is -2.10. The van der Waals surface area contributed by atoms with Gasteiger partial charge in [-0.1, -0.05) is 38.1 Å². The molecule has 0 aliphatic carbocycles. The van der Waals surface area contributed by atoms with Crippen LogP contribution in [0.3, 0.4) is 0 Å². The summed E-state index contributed by atoms with van der Waals surface area (Å²) < 4.78 is 4.54. The second-order valence-corrected chi connectivity index (χ2v) is 4.08. The predicted molar refractivity (Wildman–Crippen MR) is 62.1 cm³/mol. The third kappa shape index (κ3) is 3.07. The zero-order chi connectivity index (χ0) is 12.1. The third-order valence-electron chi connectivity index (χ3n) is 2.56. The highest BCUT2D eigenvalue weighted by molar-refractivity contribution is 5.70. The normalized spacial score (nSPS) is 12.6. The van der Waals surface area contributed by atoms with Crippen LogP contribution in [0.2, 0.25) is 0 Å². The molecule has 0 aliphatic heterocycles. The van der Waals surface area contributed by atoms with E-state index in [1.165, 1.54) is 7.11 Å². The summed E-state index contributed by atoms with van der Waals surface area (Å²) in [6.07, 6.45) is -0.786. The smallest absolute Gasteiger partial charge is 0.308 e. The molecular weight excluding hydrogens is 204 g/mol. The Bertz CT molecular complexity index is 358. The highest BCUT2D eigenvalue weighted by Gasteiger charge is 2.17. The van der Waals surface area contributed by atoms with E-state index in [4.69, 9.17) is 0 Å². The van der Waals surface area contributed by atoms with Crippen LogP contribution in [0.5, 0.6) is 0 Å². The molecule has 1 N–H and O–H groups in total. The van der Waals surface area contributed by atoms with Crippen LogP contribution in [0.4, 0.5) is 0 Å². The summed E-state index contributed by atoms with van der Waals surface area (Å²) in [5.41, 5.74) is 1.88. The van der Waals surface area contributed by atoms with Gasteiger partial charge < -0.3 is 9.84 Å². The second kappa shape index (κ2) is 5.66. The highest BCUT2D eigenvalue weighted by atomic mass is 16.5. The topological polar surface area (TPSA) is 46.5 Å². The Kier molecular flexibility index (Phi) is 4.50. The molecule has 3 heteroatoms. The van der Waals surface area contributed by atoms with E-state index >= 15 is 0 Å². The van der Waals surface area contributed by atoms with Crippen molar-refractivity contribution in [2.45, 2.75) is 32.3 Å². The van der Waals surface area contributed by atoms with Gasteiger partial charge in [0.05, 0.1) is 19.6 Å². The monoisotopic (exact) mass is 222 g/mol. The maximum atomic E-state index is 11.1. The van der Waals surface area contributed by atoms with Gasteiger partial charge in [0.15, 0.2) is 0 Å². The maximum Gasteiger partial charge on any atom is 0.308 e. The molecular formula is C13H18O3. The fourth-order valence-corrected chi connectivity index (χ4v) is 1.69. The number of ether oxygens (including phenoxy) is 1. The molecule has 0 aromatic heterocycles. The molecule has 16 heavy (non-hydrogen) atoms. The average Bonchev–Trinajstić information content (AvgIpc) is 2.28. The standard InChI is InChI=1S/C13H18O3/c1-9(2)10-6-4-5-7-11(10)12(14)8-13(15)16-3/h4-7,9,12,14H,8H2,1-3H3. The van der Waals surface area contributed by atoms with Gasteiger partial charge in [0, 0.05) is 0 Å². The van der Waals surface area contributed by atoms with Crippen molar-refractivity contribution in [3.05, 3.63) is 35.4 Å². The molecule has 1 atom stereocenters. The van der Waals surface area contributed by atoms with Crippen LogP contribution in [0, 0.1) is 0 Å². The Morgan fingerprint density at radius 3 is 2.38 bits per heavy atom. The summed E-state index contributed by atoms with van der Waals surface area (Å²) >= 11 is 0. The van der Waals surface area contributed by atoms with Crippen molar-refractivity contribution in [3.63, 3.8) is 0 Å². The minimum Gasteiger partial charge on any atom is -0.469 e. The largest absolute Gasteiger partial charge is 0.469 e. The number of esters is 1. The van der Waals surface area contributed by atoms with Gasteiger partial charge in [-0.2, -0.15) is 0 Å². The van der Waals surface area contributed by atoms with Crippen LogP contribution in [0.25, 0.3) is 0 Å². The molecule has 0 radical (unpaired) electrons. The van der Waals surface area contributed by atoms with Crippen LogP contribution >= 0.6 is 0 Å². The van der Waals surface area contributed by atoms with E-state index in [9.17, 15) is 9.90 Å². The molecule has 0 saturated heterocycles. The fourth-order valence-electron chi connectivity index (χ4n) is 1.69. The van der Waals surface area contributed by atoms with Gasteiger partial charge in [-0.3, -0.25) is 4.79 Å². The van der Waals surface area contributed by atoms with Gasteiger partial charge in [-0.25, -0.2) is 0 Å². The van der Waals surface area contributed by atoms with Gasteiger partial charge in [-0.15, -0.1) is 0 Å². The lowest BCUT2D eigenvalue weighted by molar-refractivity contribution is -0.142. The minimum atomic E-state index is -0.786. The number of rotatable bonds is 4. The summed E-state index contributed by atoms with van der Waals surface area (Å²) in [5.74, 6) is -0.0745. The van der Waals surface area contributed by atoms with Crippen molar-refractivity contribution in [2.75, 3.05) is 7.11 Å². The first-order valence-electron chi connectivity index (χ1n) is 5.40. The first-order chi connectivity index (χ1) is 7.56. The summed E-state index contributed by atoms with van der Waals surface area (Å²) in [6.45, 7) is 4.12. The zero-order valence-corrected chi connectivity index (χ0v) is 9.93. The molecule has 0 heterocycles. The molecule has 1 rings (SSSR count). The number of methoxy groups -OCH3 is 1. The second-order valence-electron chi connectivity index (χ2n) is 4.08. The fraction of sp³-hybridized carbons (Fsp3) is 0.462. The van der Waals surface area contributed by atoms with E-state index < -0.39 is 12.1 Å². The summed E-state index contributed by atoms with van der Waals surface area (Å²) in [4.78, 5) is 11.1. The Balaban J connectivity index is 2.90. The molecule has 0 aliphatic rings. The number of carbonyl (C=O) groups is 1. The average molecular weight is 222 g/mol. The van der Waals surface area contributed by atoms with Crippen LogP contribution in [0.15, 0.2) is 24.3 Å². The molecule has 0 bridgehead atoms. The number of carbonyl (C=O) groups excluding carboxylic acids is 1. The van der Waals surface area contributed by atoms with E-state index in [1.807, 2.05) is 24.3 Å². The van der Waals surface area contributed by atoms with E-state index in [0.29, 0.717) is 5.92 Å². The first-order valence-corrected chi connectivity index (χ1v) is 5.40. The van der Waals surface area contributed by atoms with E-state index in [2.05, 4.69) is 18.6 Å². The van der Waals surface area contributed by atoms with Crippen LogP contribution in [-0.4, -0.2) is 18.2 Å². The molecule has 0 fully saturated rings. The molecule has 0 spiro atoms. The van der Waals surface area contributed by atoms with Crippen LogP contribution in [0.1, 0.15) is 43.4 Å². The summed E-state index contributed by atoms with van der Waals surface area (Å²) in [6, 6.07) is 7.62. The highest BCUT2D eigenvalue weighted by Crippen LogP contribution is 2.26. The SMILES string of the molecule is COC(=O)CC(O)c1ccccc1C(C)C. The van der Waals surface area contributed by atoms with Gasteiger partial charge in [-0.05, 0) is 17.0 Å². The Morgan fingerprint density at radius 2 is 1.88 bits per heavy atom. The van der Waals surface area contributed by atoms with Crippen molar-refractivity contribution in [3.8, 4) is 0 Å². The van der Waals surface area contributed by atoms with E-state index in [-0.39, 0.29) is 6.42 Å². The van der Waals surface area contributed by atoms with Crippen molar-refractivity contribution >= 4 is 5.97 Å². The van der Waals surface area contributed by atoms with Crippen molar-refractivity contribution in [1.82, 2.24) is 0 Å². The van der Waals surface area contributed by atoms with E-state index in [1.54, 1.807) is 0 Å². The molecule has 1 unspecified atom stereocenters. The third-order valence-corrected chi connectivity index (χ3v) is 2.56. The molecule has 0 saturated carbocycles. The minimum absolute atomic E-state index is 0.000231. The quantitative estimate of drug-likeness (QED) is 0.796. The number of hydrogen-bond acceptors (Lipinski definition) is 3. The number of aliphatic hydroxyl groups is 1.